The van der Waals surface area contributed by atoms with Crippen molar-refractivity contribution in [3.63, 3.8) is 0 Å². The number of carbonyl (C=O) groups is 1. The van der Waals surface area contributed by atoms with Crippen LogP contribution in [0.25, 0.3) is 0 Å². The summed E-state index contributed by atoms with van der Waals surface area (Å²) in [6.45, 7) is 3.16. The van der Waals surface area contributed by atoms with Gasteiger partial charge in [-0.3, -0.25) is 9.00 Å². The Kier molecular flexibility index (Phi) is 4.97. The van der Waals surface area contributed by atoms with Crippen LogP contribution in [0, 0.1) is 0 Å². The first kappa shape index (κ1) is 14.2. The highest BCUT2D eigenvalue weighted by molar-refractivity contribution is 8.14. The third-order valence-corrected chi connectivity index (χ3v) is 6.99. The smallest absolute Gasteiger partial charge is 0.192 e. The number of thioether (sulfide) groups is 1. The number of aliphatic hydroxyl groups is 2. The minimum atomic E-state index is -1.44. The Balaban J connectivity index is 2.94. The van der Waals surface area contributed by atoms with E-state index in [0.717, 1.165) is 12.2 Å². The van der Waals surface area contributed by atoms with Gasteiger partial charge in [0.05, 0.1) is 6.10 Å². The summed E-state index contributed by atoms with van der Waals surface area (Å²) in [5.41, 5.74) is 0. The molecule has 0 radical (unpaired) electrons. The number of hydrogen-bond acceptors (Lipinski definition) is 5. The Hall–Kier alpha value is 0.0900. The molecule has 0 aromatic rings. The van der Waals surface area contributed by atoms with Crippen LogP contribution in [-0.4, -0.2) is 48.0 Å². The molecule has 1 fully saturated rings. The third-order valence-electron chi connectivity index (χ3n) is 2.74. The first-order valence-electron chi connectivity index (χ1n) is 5.38. The number of hydrogen-bond donors (Lipinski definition) is 2. The van der Waals surface area contributed by atoms with Gasteiger partial charge in [-0.05, 0) is 25.5 Å². The molecule has 1 aliphatic heterocycles. The fourth-order valence-corrected chi connectivity index (χ4v) is 5.42. The van der Waals surface area contributed by atoms with E-state index in [9.17, 15) is 19.2 Å². The molecule has 0 aliphatic carbocycles. The van der Waals surface area contributed by atoms with Gasteiger partial charge in [0.15, 0.2) is 9.86 Å². The molecule has 1 rings (SSSR count). The van der Waals surface area contributed by atoms with Crippen LogP contribution in [0.4, 0.5) is 0 Å². The Morgan fingerprint density at radius 3 is 2.62 bits per heavy atom. The second-order valence-electron chi connectivity index (χ2n) is 3.91. The highest BCUT2D eigenvalue weighted by Crippen LogP contribution is 2.39. The number of ketones is 1. The molecular formula is C10H18O4S2. The molecule has 0 aromatic carbocycles. The molecular weight excluding hydrogens is 248 g/mol. The van der Waals surface area contributed by atoms with E-state index in [4.69, 9.17) is 0 Å². The van der Waals surface area contributed by atoms with Crippen molar-refractivity contribution in [3.8, 4) is 0 Å². The Labute approximate surface area is 102 Å². The van der Waals surface area contributed by atoms with Gasteiger partial charge in [0.2, 0.25) is 0 Å². The van der Waals surface area contributed by atoms with Crippen molar-refractivity contribution in [3.05, 3.63) is 0 Å². The van der Waals surface area contributed by atoms with E-state index < -0.39 is 32.9 Å². The lowest BCUT2D eigenvalue weighted by Gasteiger charge is -2.35. The van der Waals surface area contributed by atoms with Gasteiger partial charge in [-0.2, -0.15) is 0 Å². The van der Waals surface area contributed by atoms with Crippen LogP contribution in [0.2, 0.25) is 0 Å². The average Bonchev–Trinajstić information content (AvgIpc) is 2.28. The highest BCUT2D eigenvalue weighted by atomic mass is 32.2. The molecule has 1 unspecified atom stereocenters. The molecule has 0 aromatic heterocycles. The van der Waals surface area contributed by atoms with Crippen molar-refractivity contribution < 1.29 is 19.2 Å². The topological polar surface area (TPSA) is 74.6 Å². The second kappa shape index (κ2) is 5.62. The molecule has 0 amide bonds. The van der Waals surface area contributed by atoms with Crippen molar-refractivity contribution >= 4 is 28.3 Å². The van der Waals surface area contributed by atoms with Gasteiger partial charge in [-0.25, -0.2) is 0 Å². The zero-order valence-corrected chi connectivity index (χ0v) is 11.1. The molecule has 1 heterocycles. The molecule has 2 N–H and O–H groups in total. The maximum absolute atomic E-state index is 12.1. The third kappa shape index (κ3) is 2.50. The van der Waals surface area contributed by atoms with E-state index >= 15 is 0 Å². The summed E-state index contributed by atoms with van der Waals surface area (Å²) in [5.74, 6) is 0.782. The SMILES string of the molecule is CC[C@@]1(C(=O)[C@@H](O)[C@@H](C)O)SCCCS1=O. The van der Waals surface area contributed by atoms with Crippen LogP contribution in [0.3, 0.4) is 0 Å². The van der Waals surface area contributed by atoms with Gasteiger partial charge in [0.25, 0.3) is 0 Å². The zero-order chi connectivity index (χ0) is 12.3. The van der Waals surface area contributed by atoms with Gasteiger partial charge >= 0.3 is 0 Å². The van der Waals surface area contributed by atoms with Crippen LogP contribution in [-0.2, 0) is 15.6 Å². The Morgan fingerprint density at radius 2 is 2.19 bits per heavy atom. The minimum absolute atomic E-state index is 0.424. The fourth-order valence-electron chi connectivity index (χ4n) is 1.72. The van der Waals surface area contributed by atoms with Crippen LogP contribution in [0.5, 0.6) is 0 Å². The summed E-state index contributed by atoms with van der Waals surface area (Å²) in [7, 11) is -1.26. The molecule has 4 atom stereocenters. The molecule has 94 valence electrons. The van der Waals surface area contributed by atoms with E-state index in [1.54, 1.807) is 6.92 Å². The van der Waals surface area contributed by atoms with E-state index in [2.05, 4.69) is 0 Å². The van der Waals surface area contributed by atoms with Crippen LogP contribution in [0.1, 0.15) is 26.7 Å². The van der Waals surface area contributed by atoms with Crippen molar-refractivity contribution in [2.45, 2.75) is 43.0 Å². The summed E-state index contributed by atoms with van der Waals surface area (Å²) in [4.78, 5) is 12.1. The van der Waals surface area contributed by atoms with Gasteiger partial charge in [-0.1, -0.05) is 6.92 Å². The standard InChI is InChI=1S/C10H18O4S2/c1-3-10(9(13)8(12)7(2)11)15-5-4-6-16(10)14/h7-8,11-12H,3-6H2,1-2H3/t7-,8+,10-,16?/m1/s1. The minimum Gasteiger partial charge on any atom is -0.390 e. The van der Waals surface area contributed by atoms with E-state index in [-0.39, 0.29) is 0 Å². The molecule has 4 nitrogen and oxygen atoms in total. The number of aliphatic hydroxyl groups excluding tert-OH is 2. The molecule has 0 bridgehead atoms. The van der Waals surface area contributed by atoms with Crippen molar-refractivity contribution in [1.29, 1.82) is 0 Å². The first-order chi connectivity index (χ1) is 7.45. The van der Waals surface area contributed by atoms with E-state index in [1.165, 1.54) is 18.7 Å². The van der Waals surface area contributed by atoms with Crippen molar-refractivity contribution in [2.75, 3.05) is 11.5 Å². The first-order valence-corrected chi connectivity index (χ1v) is 7.69. The summed E-state index contributed by atoms with van der Waals surface area (Å²) in [5, 5.41) is 18.9. The average molecular weight is 266 g/mol. The summed E-state index contributed by atoms with van der Waals surface area (Å²) in [6, 6.07) is 0. The molecule has 0 saturated carbocycles. The molecule has 1 saturated heterocycles. The lowest BCUT2D eigenvalue weighted by atomic mass is 10.1. The van der Waals surface area contributed by atoms with Crippen LogP contribution < -0.4 is 0 Å². The van der Waals surface area contributed by atoms with Crippen molar-refractivity contribution in [2.24, 2.45) is 0 Å². The van der Waals surface area contributed by atoms with Gasteiger partial charge in [0.1, 0.15) is 6.10 Å². The lowest BCUT2D eigenvalue weighted by molar-refractivity contribution is -0.132. The molecule has 1 aliphatic rings. The Morgan fingerprint density at radius 1 is 1.56 bits per heavy atom. The van der Waals surface area contributed by atoms with E-state index in [1.807, 2.05) is 0 Å². The highest BCUT2D eigenvalue weighted by Gasteiger charge is 2.48. The van der Waals surface area contributed by atoms with Gasteiger partial charge in [0, 0.05) is 16.6 Å². The number of carbonyl (C=O) groups excluding carboxylic acids is 1. The summed E-state index contributed by atoms with van der Waals surface area (Å²) in [6.07, 6.45) is -1.30. The summed E-state index contributed by atoms with van der Waals surface area (Å²) < 4.78 is 11.0. The maximum atomic E-state index is 12.1. The monoisotopic (exact) mass is 266 g/mol. The number of Topliss-reactive ketones (excluding diaryl/α,β-unsaturated/α-hetero) is 1. The van der Waals surface area contributed by atoms with E-state index in [0.29, 0.717) is 12.2 Å². The molecule has 0 spiro atoms. The second-order valence-corrected chi connectivity index (χ2v) is 7.36. The van der Waals surface area contributed by atoms with Crippen molar-refractivity contribution in [1.82, 2.24) is 0 Å². The Bertz CT molecular complexity index is 293. The molecule has 6 heteroatoms. The zero-order valence-electron chi connectivity index (χ0n) is 9.51. The largest absolute Gasteiger partial charge is 0.390 e. The van der Waals surface area contributed by atoms with Crippen LogP contribution in [0.15, 0.2) is 0 Å². The predicted octanol–water partition coefficient (Wildman–Crippen LogP) is 0.289. The van der Waals surface area contributed by atoms with Gasteiger partial charge < -0.3 is 10.2 Å². The normalized spacial score (nSPS) is 34.4. The number of rotatable bonds is 4. The van der Waals surface area contributed by atoms with Gasteiger partial charge in [-0.15, -0.1) is 11.8 Å². The van der Waals surface area contributed by atoms with Crippen LogP contribution >= 0.6 is 11.8 Å². The quantitative estimate of drug-likeness (QED) is 0.765. The fraction of sp³-hybridized carbons (Fsp3) is 0.900. The predicted molar refractivity (Wildman–Crippen MR) is 65.8 cm³/mol. The lowest BCUT2D eigenvalue weighted by Crippen LogP contribution is -2.51. The summed E-state index contributed by atoms with van der Waals surface area (Å²) >= 11 is 1.35. The maximum Gasteiger partial charge on any atom is 0.192 e. The molecule has 16 heavy (non-hydrogen) atoms.